The molecule has 0 rings (SSSR count). The van der Waals surface area contributed by atoms with Crippen molar-refractivity contribution in [2.75, 3.05) is 19.7 Å². The van der Waals surface area contributed by atoms with Crippen LogP contribution in [0, 0.1) is 17.3 Å². The third-order valence-electron chi connectivity index (χ3n) is 2.24. The summed E-state index contributed by atoms with van der Waals surface area (Å²) in [5, 5.41) is 12.5. The van der Waals surface area contributed by atoms with Crippen LogP contribution in [0.4, 0.5) is 0 Å². The second-order valence-electron chi connectivity index (χ2n) is 5.38. The molecule has 0 aromatic carbocycles. The Labute approximate surface area is 82.7 Å². The molecule has 1 unspecified atom stereocenters. The van der Waals surface area contributed by atoms with Gasteiger partial charge in [0.15, 0.2) is 0 Å². The molecule has 80 valence electrons. The van der Waals surface area contributed by atoms with Gasteiger partial charge in [-0.15, -0.1) is 0 Å². The molecule has 0 fully saturated rings. The van der Waals surface area contributed by atoms with Gasteiger partial charge in [0.25, 0.3) is 0 Å². The highest BCUT2D eigenvalue weighted by molar-refractivity contribution is 4.69. The highest BCUT2D eigenvalue weighted by Gasteiger charge is 2.14. The fourth-order valence-electron chi connectivity index (χ4n) is 1.14. The molecule has 13 heavy (non-hydrogen) atoms. The predicted molar refractivity (Wildman–Crippen MR) is 57.7 cm³/mol. The second kappa shape index (κ2) is 5.61. The SMILES string of the molecule is CC(C)C(CO)CNCC(C)(C)C. The minimum Gasteiger partial charge on any atom is -0.396 e. The van der Waals surface area contributed by atoms with Gasteiger partial charge < -0.3 is 10.4 Å². The molecule has 0 saturated carbocycles. The zero-order chi connectivity index (χ0) is 10.5. The number of rotatable bonds is 5. The van der Waals surface area contributed by atoms with Gasteiger partial charge in [-0.2, -0.15) is 0 Å². The molecule has 1 atom stereocenters. The molecule has 0 aliphatic rings. The number of hydrogen-bond acceptors (Lipinski definition) is 2. The van der Waals surface area contributed by atoms with E-state index in [4.69, 9.17) is 5.11 Å². The maximum Gasteiger partial charge on any atom is 0.0473 e. The first-order valence-corrected chi connectivity index (χ1v) is 5.18. The first-order chi connectivity index (χ1) is 5.87. The zero-order valence-electron chi connectivity index (χ0n) is 9.72. The Balaban J connectivity index is 3.62. The van der Waals surface area contributed by atoms with E-state index in [1.165, 1.54) is 0 Å². The lowest BCUT2D eigenvalue weighted by Crippen LogP contribution is -2.34. The van der Waals surface area contributed by atoms with E-state index < -0.39 is 0 Å². The monoisotopic (exact) mass is 187 g/mol. The molecule has 0 amide bonds. The van der Waals surface area contributed by atoms with Crippen molar-refractivity contribution in [3.05, 3.63) is 0 Å². The molecular formula is C11H25NO. The van der Waals surface area contributed by atoms with E-state index in [9.17, 15) is 0 Å². The van der Waals surface area contributed by atoms with Gasteiger partial charge in [0.05, 0.1) is 0 Å². The van der Waals surface area contributed by atoms with E-state index in [-0.39, 0.29) is 6.61 Å². The molecule has 0 saturated heterocycles. The molecule has 0 aromatic heterocycles. The van der Waals surface area contributed by atoms with Crippen molar-refractivity contribution in [2.24, 2.45) is 17.3 Å². The van der Waals surface area contributed by atoms with E-state index in [0.29, 0.717) is 17.3 Å². The molecule has 0 aliphatic carbocycles. The smallest absolute Gasteiger partial charge is 0.0473 e. The van der Waals surface area contributed by atoms with Gasteiger partial charge >= 0.3 is 0 Å². The maximum absolute atomic E-state index is 9.09. The van der Waals surface area contributed by atoms with Gasteiger partial charge in [-0.25, -0.2) is 0 Å². The topological polar surface area (TPSA) is 32.3 Å². The van der Waals surface area contributed by atoms with E-state index in [1.54, 1.807) is 0 Å². The van der Waals surface area contributed by atoms with Crippen LogP contribution in [0.15, 0.2) is 0 Å². The number of hydrogen-bond donors (Lipinski definition) is 2. The first kappa shape index (κ1) is 12.9. The maximum atomic E-state index is 9.09. The Morgan fingerprint density at radius 1 is 1.23 bits per heavy atom. The Bertz CT molecular complexity index is 127. The largest absolute Gasteiger partial charge is 0.396 e. The molecule has 0 aliphatic heterocycles. The summed E-state index contributed by atoms with van der Waals surface area (Å²) in [6, 6.07) is 0. The van der Waals surface area contributed by atoms with Crippen LogP contribution in [0.1, 0.15) is 34.6 Å². The summed E-state index contributed by atoms with van der Waals surface area (Å²) >= 11 is 0. The Kier molecular flexibility index (Phi) is 5.57. The lowest BCUT2D eigenvalue weighted by Gasteiger charge is -2.23. The highest BCUT2D eigenvalue weighted by atomic mass is 16.3. The second-order valence-corrected chi connectivity index (χ2v) is 5.38. The molecular weight excluding hydrogens is 162 g/mol. The van der Waals surface area contributed by atoms with Crippen LogP contribution < -0.4 is 5.32 Å². The Morgan fingerprint density at radius 2 is 1.77 bits per heavy atom. The minimum absolute atomic E-state index is 0.287. The minimum atomic E-state index is 0.287. The van der Waals surface area contributed by atoms with Gasteiger partial charge in [0.1, 0.15) is 0 Å². The Morgan fingerprint density at radius 3 is 2.08 bits per heavy atom. The third kappa shape index (κ3) is 7.03. The van der Waals surface area contributed by atoms with Crippen molar-refractivity contribution in [1.82, 2.24) is 5.32 Å². The van der Waals surface area contributed by atoms with E-state index >= 15 is 0 Å². The van der Waals surface area contributed by atoms with Crippen LogP contribution in [0.25, 0.3) is 0 Å². The fourth-order valence-corrected chi connectivity index (χ4v) is 1.14. The summed E-state index contributed by atoms with van der Waals surface area (Å²) < 4.78 is 0. The lowest BCUT2D eigenvalue weighted by molar-refractivity contribution is 0.182. The van der Waals surface area contributed by atoms with Crippen LogP contribution >= 0.6 is 0 Å². The van der Waals surface area contributed by atoms with Crippen molar-refractivity contribution in [2.45, 2.75) is 34.6 Å². The number of nitrogens with one attached hydrogen (secondary N) is 1. The third-order valence-corrected chi connectivity index (χ3v) is 2.24. The Hall–Kier alpha value is -0.0800. The van der Waals surface area contributed by atoms with Gasteiger partial charge in [0, 0.05) is 19.7 Å². The van der Waals surface area contributed by atoms with E-state index in [2.05, 4.69) is 39.9 Å². The van der Waals surface area contributed by atoms with Gasteiger partial charge in [-0.1, -0.05) is 34.6 Å². The average Bonchev–Trinajstić information content (AvgIpc) is 1.95. The summed E-state index contributed by atoms with van der Waals surface area (Å²) in [5.41, 5.74) is 0.330. The van der Waals surface area contributed by atoms with Crippen LogP contribution in [0.3, 0.4) is 0 Å². The van der Waals surface area contributed by atoms with Gasteiger partial charge in [0.2, 0.25) is 0 Å². The molecule has 0 spiro atoms. The summed E-state index contributed by atoms with van der Waals surface area (Å²) in [4.78, 5) is 0. The van der Waals surface area contributed by atoms with Gasteiger partial charge in [-0.3, -0.25) is 0 Å². The van der Waals surface area contributed by atoms with Crippen molar-refractivity contribution in [3.8, 4) is 0 Å². The lowest BCUT2D eigenvalue weighted by atomic mass is 9.94. The molecule has 2 N–H and O–H groups in total. The fraction of sp³-hybridized carbons (Fsp3) is 1.00. The van der Waals surface area contributed by atoms with Crippen LogP contribution in [0.5, 0.6) is 0 Å². The molecule has 2 heteroatoms. The van der Waals surface area contributed by atoms with Crippen LogP contribution in [-0.2, 0) is 0 Å². The summed E-state index contributed by atoms with van der Waals surface area (Å²) in [6.07, 6.45) is 0. The first-order valence-electron chi connectivity index (χ1n) is 5.18. The molecule has 2 nitrogen and oxygen atoms in total. The predicted octanol–water partition coefficient (Wildman–Crippen LogP) is 1.89. The standard InChI is InChI=1S/C11H25NO/c1-9(2)10(7-13)6-12-8-11(3,4)5/h9-10,12-13H,6-8H2,1-5H3. The van der Waals surface area contributed by atoms with Crippen LogP contribution in [0.2, 0.25) is 0 Å². The summed E-state index contributed by atoms with van der Waals surface area (Å²) in [7, 11) is 0. The van der Waals surface area contributed by atoms with Crippen molar-refractivity contribution in [3.63, 3.8) is 0 Å². The van der Waals surface area contributed by atoms with Crippen molar-refractivity contribution >= 4 is 0 Å². The molecule has 0 bridgehead atoms. The molecule has 0 aromatic rings. The van der Waals surface area contributed by atoms with Crippen LogP contribution in [-0.4, -0.2) is 24.8 Å². The number of aliphatic hydroxyl groups is 1. The highest BCUT2D eigenvalue weighted by Crippen LogP contribution is 2.12. The van der Waals surface area contributed by atoms with Crippen molar-refractivity contribution < 1.29 is 5.11 Å². The summed E-state index contributed by atoms with van der Waals surface area (Å²) in [5.74, 6) is 0.944. The molecule has 0 radical (unpaired) electrons. The quantitative estimate of drug-likeness (QED) is 0.689. The zero-order valence-corrected chi connectivity index (χ0v) is 9.72. The van der Waals surface area contributed by atoms with Gasteiger partial charge in [-0.05, 0) is 17.3 Å². The average molecular weight is 187 g/mol. The summed E-state index contributed by atoms with van der Waals surface area (Å²) in [6.45, 7) is 13.2. The normalized spacial score (nSPS) is 15.0. The van der Waals surface area contributed by atoms with Crippen molar-refractivity contribution in [1.29, 1.82) is 0 Å². The molecule has 0 heterocycles. The number of aliphatic hydroxyl groups excluding tert-OH is 1. The van der Waals surface area contributed by atoms with E-state index in [0.717, 1.165) is 13.1 Å². The van der Waals surface area contributed by atoms with E-state index in [1.807, 2.05) is 0 Å².